The molecule has 0 unspecified atom stereocenters. The van der Waals surface area contributed by atoms with Crippen molar-refractivity contribution in [3.8, 4) is 0 Å². The number of benzene rings is 3. The van der Waals surface area contributed by atoms with Crippen LogP contribution < -0.4 is 4.90 Å². The highest BCUT2D eigenvalue weighted by Crippen LogP contribution is 2.58. The molecule has 1 aliphatic carbocycles. The van der Waals surface area contributed by atoms with Crippen molar-refractivity contribution in [1.29, 1.82) is 0 Å². The van der Waals surface area contributed by atoms with Crippen LogP contribution in [0.15, 0.2) is 71.2 Å². The number of carbonyl (C=O) groups is 4. The second-order valence-electron chi connectivity index (χ2n) is 8.93. The zero-order valence-corrected chi connectivity index (χ0v) is 20.7. The van der Waals surface area contributed by atoms with Gasteiger partial charge in [-0.2, -0.15) is 0 Å². The van der Waals surface area contributed by atoms with Gasteiger partial charge in [0, 0.05) is 20.6 Å². The van der Waals surface area contributed by atoms with E-state index in [-0.39, 0.29) is 11.1 Å². The van der Waals surface area contributed by atoms with E-state index in [1.165, 1.54) is 0 Å². The van der Waals surface area contributed by atoms with Crippen molar-refractivity contribution in [1.82, 2.24) is 0 Å². The lowest BCUT2D eigenvalue weighted by molar-refractivity contribution is -0.127. The Labute approximate surface area is 214 Å². The van der Waals surface area contributed by atoms with E-state index < -0.39 is 46.9 Å². The molecular formula is C27H17BrClNO5. The van der Waals surface area contributed by atoms with Gasteiger partial charge in [0.15, 0.2) is 0 Å². The van der Waals surface area contributed by atoms with Crippen LogP contribution in [0, 0.1) is 18.8 Å². The average molecular weight is 551 g/mol. The minimum atomic E-state index is -2.10. The maximum Gasteiger partial charge on any atom is 0.241 e. The Bertz CT molecular complexity index is 1430. The molecule has 6 rings (SSSR count). The number of rotatable bonds is 2. The molecule has 2 amide bonds. The van der Waals surface area contributed by atoms with Gasteiger partial charge in [0.25, 0.3) is 0 Å². The molecule has 3 aromatic carbocycles. The zero-order chi connectivity index (χ0) is 24.6. The summed E-state index contributed by atoms with van der Waals surface area (Å²) in [4.78, 5) is 56.4. The molecular weight excluding hydrogens is 534 g/mol. The summed E-state index contributed by atoms with van der Waals surface area (Å²) >= 11 is 9.68. The Hall–Kier alpha value is -3.13. The number of ketones is 2. The van der Waals surface area contributed by atoms with Crippen LogP contribution in [0.2, 0.25) is 5.02 Å². The van der Waals surface area contributed by atoms with Gasteiger partial charge in [-0.1, -0.05) is 70.0 Å². The Kier molecular flexibility index (Phi) is 4.90. The Morgan fingerprint density at radius 1 is 0.857 bits per heavy atom. The van der Waals surface area contributed by atoms with Crippen LogP contribution in [-0.2, 0) is 14.3 Å². The van der Waals surface area contributed by atoms with Gasteiger partial charge in [0.2, 0.25) is 29.0 Å². The fourth-order valence-corrected chi connectivity index (χ4v) is 5.98. The molecule has 0 saturated carbocycles. The molecule has 2 saturated heterocycles. The number of ether oxygens (including phenoxy) is 1. The van der Waals surface area contributed by atoms with Crippen molar-refractivity contribution >= 4 is 56.6 Å². The van der Waals surface area contributed by atoms with Crippen LogP contribution in [0.3, 0.4) is 0 Å². The van der Waals surface area contributed by atoms with E-state index in [0.29, 0.717) is 21.8 Å². The number of fused-ring (bicyclic) bond motifs is 3. The molecule has 3 aliphatic rings. The first-order chi connectivity index (χ1) is 16.8. The Morgan fingerprint density at radius 3 is 2.11 bits per heavy atom. The van der Waals surface area contributed by atoms with Crippen LogP contribution in [0.1, 0.15) is 37.9 Å². The quantitative estimate of drug-likeness (QED) is 0.327. The minimum absolute atomic E-state index is 0.199. The summed E-state index contributed by atoms with van der Waals surface area (Å²) in [6, 6.07) is 18.5. The third kappa shape index (κ3) is 2.86. The first kappa shape index (κ1) is 22.3. The van der Waals surface area contributed by atoms with Crippen molar-refractivity contribution < 1.29 is 23.9 Å². The smallest absolute Gasteiger partial charge is 0.241 e. The van der Waals surface area contributed by atoms with Gasteiger partial charge in [-0.25, -0.2) is 4.90 Å². The van der Waals surface area contributed by atoms with E-state index in [1.807, 2.05) is 0 Å². The minimum Gasteiger partial charge on any atom is -0.349 e. The Morgan fingerprint density at radius 2 is 1.49 bits per heavy atom. The van der Waals surface area contributed by atoms with Crippen LogP contribution in [0.4, 0.5) is 5.69 Å². The van der Waals surface area contributed by atoms with Crippen molar-refractivity contribution in [3.05, 3.63) is 98.5 Å². The summed E-state index contributed by atoms with van der Waals surface area (Å²) < 4.78 is 7.10. The maximum atomic E-state index is 14.0. The molecule has 2 aliphatic heterocycles. The molecule has 0 aromatic heterocycles. The fraction of sp³-hybridized carbons (Fsp3) is 0.185. The maximum absolute atomic E-state index is 14.0. The fourth-order valence-electron chi connectivity index (χ4n) is 5.55. The normalized spacial score (nSPS) is 24.4. The monoisotopic (exact) mass is 549 g/mol. The van der Waals surface area contributed by atoms with Gasteiger partial charge in [-0.15, -0.1) is 0 Å². The summed E-state index contributed by atoms with van der Waals surface area (Å²) in [5.41, 5.74) is -0.210. The zero-order valence-electron chi connectivity index (χ0n) is 18.3. The number of hydrogen-bond donors (Lipinski definition) is 0. The van der Waals surface area contributed by atoms with Crippen LogP contribution in [0.25, 0.3) is 0 Å². The molecule has 3 aromatic rings. The number of halogens is 2. The van der Waals surface area contributed by atoms with Crippen LogP contribution in [0.5, 0.6) is 0 Å². The standard InChI is InChI=1S/C27H17BrClNO5/c1-13-18(29)7-4-8-19(13)30-25(33)20-21(26(30)34)27(35-22(20)14-9-11-15(28)12-10-14)23(31)16-5-2-3-6-17(16)24(27)32/h2-12,20-22H,1H3/t20-,21+,22-/m0/s1. The Balaban J connectivity index is 1.56. The number of Topliss-reactive ketones (excluding diaryl/α,β-unsaturated/α-hetero) is 2. The molecule has 2 heterocycles. The van der Waals surface area contributed by atoms with Crippen molar-refractivity contribution in [2.75, 3.05) is 4.90 Å². The molecule has 174 valence electrons. The third-order valence-electron chi connectivity index (χ3n) is 7.20. The molecule has 0 N–H and O–H groups in total. The number of carbonyl (C=O) groups excluding carboxylic acids is 4. The van der Waals surface area contributed by atoms with Crippen LogP contribution in [-0.4, -0.2) is 29.0 Å². The van der Waals surface area contributed by atoms with Crippen molar-refractivity contribution in [3.63, 3.8) is 0 Å². The van der Waals surface area contributed by atoms with Gasteiger partial charge in [-0.05, 0) is 42.3 Å². The number of amides is 2. The molecule has 3 atom stereocenters. The van der Waals surface area contributed by atoms with Gasteiger partial charge >= 0.3 is 0 Å². The number of anilines is 1. The average Bonchev–Trinajstić information content (AvgIpc) is 3.42. The first-order valence-corrected chi connectivity index (χ1v) is 12.2. The summed E-state index contributed by atoms with van der Waals surface area (Å²) in [7, 11) is 0. The molecule has 6 nitrogen and oxygen atoms in total. The van der Waals surface area contributed by atoms with E-state index >= 15 is 0 Å². The lowest BCUT2D eigenvalue weighted by atomic mass is 9.77. The predicted molar refractivity (Wildman–Crippen MR) is 131 cm³/mol. The van der Waals surface area contributed by atoms with Gasteiger partial charge in [0.1, 0.15) is 0 Å². The predicted octanol–water partition coefficient (Wildman–Crippen LogP) is 5.11. The van der Waals surface area contributed by atoms with Crippen molar-refractivity contribution in [2.45, 2.75) is 18.6 Å². The molecule has 1 spiro atoms. The largest absolute Gasteiger partial charge is 0.349 e. The topological polar surface area (TPSA) is 80.8 Å². The van der Waals surface area contributed by atoms with Gasteiger partial charge < -0.3 is 4.74 Å². The molecule has 35 heavy (non-hydrogen) atoms. The second-order valence-corrected chi connectivity index (χ2v) is 10.3. The number of hydrogen-bond acceptors (Lipinski definition) is 5. The highest BCUT2D eigenvalue weighted by Gasteiger charge is 2.74. The van der Waals surface area contributed by atoms with Gasteiger partial charge in [0.05, 0.1) is 23.6 Å². The van der Waals surface area contributed by atoms with E-state index in [2.05, 4.69) is 15.9 Å². The summed E-state index contributed by atoms with van der Waals surface area (Å²) in [6.07, 6.45) is -0.962. The van der Waals surface area contributed by atoms with Crippen molar-refractivity contribution in [2.24, 2.45) is 11.8 Å². The highest BCUT2D eigenvalue weighted by atomic mass is 79.9. The molecule has 2 fully saturated rings. The summed E-state index contributed by atoms with van der Waals surface area (Å²) in [5.74, 6) is -4.68. The highest BCUT2D eigenvalue weighted by molar-refractivity contribution is 9.10. The SMILES string of the molecule is Cc1c(Cl)cccc1N1C(=O)[C@@H]2[C@H](c3ccc(Br)cc3)OC3(C(=O)c4ccccc4C3=O)[C@H]2C1=O. The number of imide groups is 1. The lowest BCUT2D eigenvalue weighted by Gasteiger charge is -2.27. The molecule has 0 bridgehead atoms. The number of nitrogens with zero attached hydrogens (tertiary/aromatic N) is 1. The van der Waals surface area contributed by atoms with E-state index in [4.69, 9.17) is 16.3 Å². The third-order valence-corrected chi connectivity index (χ3v) is 8.14. The summed E-state index contributed by atoms with van der Waals surface area (Å²) in [6.45, 7) is 1.71. The first-order valence-electron chi connectivity index (χ1n) is 11.0. The lowest BCUT2D eigenvalue weighted by Crippen LogP contribution is -2.51. The van der Waals surface area contributed by atoms with Crippen LogP contribution >= 0.6 is 27.5 Å². The van der Waals surface area contributed by atoms with E-state index in [9.17, 15) is 19.2 Å². The summed E-state index contributed by atoms with van der Waals surface area (Å²) in [5, 5.41) is 0.399. The van der Waals surface area contributed by atoms with E-state index in [1.54, 1.807) is 73.7 Å². The molecule has 0 radical (unpaired) electrons. The second kappa shape index (κ2) is 7.68. The molecule has 8 heteroatoms. The van der Waals surface area contributed by atoms with Gasteiger partial charge in [-0.3, -0.25) is 19.2 Å². The van der Waals surface area contributed by atoms with E-state index in [0.717, 1.165) is 9.37 Å².